The Hall–Kier alpha value is -1.06. The van der Waals surface area contributed by atoms with Crippen LogP contribution in [0.2, 0.25) is 0 Å². The van der Waals surface area contributed by atoms with Gasteiger partial charge in [0.2, 0.25) is 5.91 Å². The minimum absolute atomic E-state index is 0.0428. The topological polar surface area (TPSA) is 66.4 Å². The van der Waals surface area contributed by atoms with Crippen LogP contribution in [0.25, 0.3) is 0 Å². The number of carbonyl (C=O) groups excluding carboxylic acids is 1. The van der Waals surface area contributed by atoms with Gasteiger partial charge in [0.1, 0.15) is 0 Å². The zero-order chi connectivity index (χ0) is 14.6. The van der Waals surface area contributed by atoms with Gasteiger partial charge < -0.3 is 10.4 Å². The summed E-state index contributed by atoms with van der Waals surface area (Å²) in [4.78, 5) is 23.3. The fourth-order valence-electron chi connectivity index (χ4n) is 3.71. The molecule has 0 radical (unpaired) electrons. The molecule has 2 N–H and O–H groups in total. The fraction of sp³-hybridized carbons (Fsp3) is 0.875. The maximum Gasteiger partial charge on any atom is 0.303 e. The van der Waals surface area contributed by atoms with Crippen LogP contribution in [-0.2, 0) is 9.59 Å². The lowest BCUT2D eigenvalue weighted by atomic mass is 9.69. The maximum atomic E-state index is 12.2. The second-order valence-electron chi connectivity index (χ2n) is 7.25. The van der Waals surface area contributed by atoms with Crippen LogP contribution in [0.5, 0.6) is 0 Å². The van der Waals surface area contributed by atoms with E-state index < -0.39 is 5.97 Å². The monoisotopic (exact) mass is 281 g/mol. The molecule has 0 unspecified atom stereocenters. The van der Waals surface area contributed by atoms with Gasteiger partial charge in [0.15, 0.2) is 0 Å². The highest BCUT2D eigenvalue weighted by atomic mass is 16.4. The van der Waals surface area contributed by atoms with Gasteiger partial charge in [-0.15, -0.1) is 0 Å². The van der Waals surface area contributed by atoms with E-state index in [0.29, 0.717) is 6.42 Å². The zero-order valence-electron chi connectivity index (χ0n) is 12.5. The largest absolute Gasteiger partial charge is 0.481 e. The van der Waals surface area contributed by atoms with Gasteiger partial charge in [-0.25, -0.2) is 0 Å². The van der Waals surface area contributed by atoms with Crippen molar-refractivity contribution < 1.29 is 14.7 Å². The molecule has 2 fully saturated rings. The summed E-state index contributed by atoms with van der Waals surface area (Å²) in [5.41, 5.74) is -0.0170. The number of carbonyl (C=O) groups is 2. The summed E-state index contributed by atoms with van der Waals surface area (Å²) in [6, 6.07) is 0. The van der Waals surface area contributed by atoms with E-state index in [1.807, 2.05) is 0 Å². The lowest BCUT2D eigenvalue weighted by Crippen LogP contribution is -2.42. The molecule has 0 heterocycles. The Morgan fingerprint density at radius 1 is 1.00 bits per heavy atom. The van der Waals surface area contributed by atoms with Gasteiger partial charge in [-0.3, -0.25) is 9.59 Å². The first-order valence-electron chi connectivity index (χ1n) is 7.92. The summed E-state index contributed by atoms with van der Waals surface area (Å²) in [6.07, 6.45) is 9.19. The van der Waals surface area contributed by atoms with Crippen molar-refractivity contribution in [2.24, 2.45) is 10.8 Å². The number of aliphatic carboxylic acids is 1. The second-order valence-corrected chi connectivity index (χ2v) is 7.25. The third kappa shape index (κ3) is 3.97. The van der Waals surface area contributed by atoms with Gasteiger partial charge in [0.25, 0.3) is 0 Å². The molecular formula is C16H27NO3. The van der Waals surface area contributed by atoms with E-state index in [-0.39, 0.29) is 23.2 Å². The van der Waals surface area contributed by atoms with Crippen molar-refractivity contribution in [2.45, 2.75) is 71.1 Å². The Kier molecular flexibility index (Phi) is 4.71. The van der Waals surface area contributed by atoms with E-state index in [1.54, 1.807) is 0 Å². The second kappa shape index (κ2) is 6.15. The molecule has 0 saturated heterocycles. The standard InChI is InChI=1S/C16H27NO3/c1-15(6-5-7-15)12-17-13(18)10-16(11-14(19)20)8-3-2-4-9-16/h2-12H2,1H3,(H,17,18)(H,19,20). The molecule has 4 heteroatoms. The van der Waals surface area contributed by atoms with Crippen LogP contribution in [0.3, 0.4) is 0 Å². The van der Waals surface area contributed by atoms with Crippen molar-refractivity contribution in [2.75, 3.05) is 6.54 Å². The highest BCUT2D eigenvalue weighted by Crippen LogP contribution is 2.43. The van der Waals surface area contributed by atoms with E-state index in [9.17, 15) is 9.59 Å². The number of hydrogen-bond acceptors (Lipinski definition) is 2. The number of nitrogens with one attached hydrogen (secondary N) is 1. The summed E-state index contributed by atoms with van der Waals surface area (Å²) in [7, 11) is 0. The molecular weight excluding hydrogens is 254 g/mol. The number of hydrogen-bond donors (Lipinski definition) is 2. The van der Waals surface area contributed by atoms with E-state index in [0.717, 1.165) is 32.2 Å². The minimum atomic E-state index is -0.773. The molecule has 0 aromatic heterocycles. The van der Waals surface area contributed by atoms with Crippen LogP contribution in [0.4, 0.5) is 0 Å². The van der Waals surface area contributed by atoms with Crippen LogP contribution in [0.15, 0.2) is 0 Å². The molecule has 0 atom stereocenters. The van der Waals surface area contributed by atoms with E-state index in [1.165, 1.54) is 25.7 Å². The molecule has 2 saturated carbocycles. The highest BCUT2D eigenvalue weighted by Gasteiger charge is 2.37. The number of rotatable bonds is 6. The van der Waals surface area contributed by atoms with E-state index in [4.69, 9.17) is 5.11 Å². The molecule has 0 aliphatic heterocycles. The van der Waals surface area contributed by atoms with Crippen molar-refractivity contribution >= 4 is 11.9 Å². The average molecular weight is 281 g/mol. The lowest BCUT2D eigenvalue weighted by molar-refractivity contribution is -0.141. The SMILES string of the molecule is CC1(CNC(=O)CC2(CC(=O)O)CCCCC2)CCC1. The Balaban J connectivity index is 1.86. The van der Waals surface area contributed by atoms with Gasteiger partial charge in [-0.1, -0.05) is 32.6 Å². The molecule has 0 bridgehead atoms. The third-order valence-corrected chi connectivity index (χ3v) is 5.25. The minimum Gasteiger partial charge on any atom is -0.481 e. The summed E-state index contributed by atoms with van der Waals surface area (Å²) in [5, 5.41) is 12.2. The predicted molar refractivity (Wildman–Crippen MR) is 77.4 cm³/mol. The Morgan fingerprint density at radius 2 is 1.65 bits per heavy atom. The van der Waals surface area contributed by atoms with Gasteiger partial charge in [0.05, 0.1) is 6.42 Å². The number of carboxylic acid groups (broad SMARTS) is 1. The smallest absolute Gasteiger partial charge is 0.303 e. The van der Waals surface area contributed by atoms with Crippen molar-refractivity contribution in [3.8, 4) is 0 Å². The third-order valence-electron chi connectivity index (χ3n) is 5.25. The first kappa shape index (κ1) is 15.3. The van der Waals surface area contributed by atoms with Gasteiger partial charge in [0, 0.05) is 13.0 Å². The molecule has 2 aliphatic rings. The molecule has 4 nitrogen and oxygen atoms in total. The summed E-state index contributed by atoms with van der Waals surface area (Å²) in [5.74, 6) is -0.730. The van der Waals surface area contributed by atoms with Crippen LogP contribution in [0.1, 0.15) is 71.1 Å². The summed E-state index contributed by atoms with van der Waals surface area (Å²) in [6.45, 7) is 2.96. The van der Waals surface area contributed by atoms with Crippen molar-refractivity contribution in [1.29, 1.82) is 0 Å². The van der Waals surface area contributed by atoms with Crippen LogP contribution >= 0.6 is 0 Å². The quantitative estimate of drug-likeness (QED) is 0.786. The van der Waals surface area contributed by atoms with Crippen molar-refractivity contribution in [1.82, 2.24) is 5.32 Å². The Labute approximate surface area is 121 Å². The Bertz CT molecular complexity index is 368. The summed E-state index contributed by atoms with van der Waals surface area (Å²) >= 11 is 0. The summed E-state index contributed by atoms with van der Waals surface area (Å²) < 4.78 is 0. The van der Waals surface area contributed by atoms with Crippen molar-refractivity contribution in [3.05, 3.63) is 0 Å². The first-order chi connectivity index (χ1) is 9.43. The van der Waals surface area contributed by atoms with Gasteiger partial charge in [-0.2, -0.15) is 0 Å². The molecule has 0 spiro atoms. The van der Waals surface area contributed by atoms with Gasteiger partial charge >= 0.3 is 5.97 Å². The van der Waals surface area contributed by atoms with Crippen molar-refractivity contribution in [3.63, 3.8) is 0 Å². The molecule has 20 heavy (non-hydrogen) atoms. The molecule has 0 aromatic rings. The Morgan fingerprint density at radius 3 is 2.15 bits per heavy atom. The van der Waals surface area contributed by atoms with Crippen LogP contribution in [0, 0.1) is 10.8 Å². The first-order valence-corrected chi connectivity index (χ1v) is 7.92. The molecule has 2 rings (SSSR count). The van der Waals surface area contributed by atoms with Crippen LogP contribution in [-0.4, -0.2) is 23.5 Å². The lowest BCUT2D eigenvalue weighted by Gasteiger charge is -2.39. The maximum absolute atomic E-state index is 12.2. The van der Waals surface area contributed by atoms with Crippen LogP contribution < -0.4 is 5.32 Å². The normalized spacial score (nSPS) is 23.6. The number of carboxylic acids is 1. The highest BCUT2D eigenvalue weighted by molar-refractivity contribution is 5.78. The fourth-order valence-corrected chi connectivity index (χ4v) is 3.71. The molecule has 0 aromatic carbocycles. The van der Waals surface area contributed by atoms with E-state index in [2.05, 4.69) is 12.2 Å². The average Bonchev–Trinajstić information content (AvgIpc) is 2.34. The van der Waals surface area contributed by atoms with E-state index >= 15 is 0 Å². The molecule has 2 aliphatic carbocycles. The zero-order valence-corrected chi connectivity index (χ0v) is 12.5. The number of amides is 1. The molecule has 114 valence electrons. The molecule has 1 amide bonds. The predicted octanol–water partition coefficient (Wildman–Crippen LogP) is 3.11. The van der Waals surface area contributed by atoms with Gasteiger partial charge in [-0.05, 0) is 36.5 Å².